The van der Waals surface area contributed by atoms with Gasteiger partial charge in [-0.05, 0) is 44.4 Å². The van der Waals surface area contributed by atoms with Crippen LogP contribution in [0.25, 0.3) is 0 Å². The first-order valence-corrected chi connectivity index (χ1v) is 6.62. The van der Waals surface area contributed by atoms with Gasteiger partial charge >= 0.3 is 0 Å². The van der Waals surface area contributed by atoms with Crippen LogP contribution in [0.1, 0.15) is 30.9 Å². The van der Waals surface area contributed by atoms with Crippen LogP contribution in [0.15, 0.2) is 12.1 Å². The molecule has 19 heavy (non-hydrogen) atoms. The summed E-state index contributed by atoms with van der Waals surface area (Å²) in [5.74, 6) is 0. The molecule has 1 aliphatic rings. The first-order valence-electron chi connectivity index (χ1n) is 6.24. The Morgan fingerprint density at radius 2 is 2.16 bits per heavy atom. The van der Waals surface area contributed by atoms with Gasteiger partial charge in [0.05, 0.1) is 22.7 Å². The number of nitriles is 1. The molecule has 4 nitrogen and oxygen atoms in total. The highest BCUT2D eigenvalue weighted by Gasteiger charge is 2.44. The molecule has 0 heterocycles. The lowest BCUT2D eigenvalue weighted by Gasteiger charge is -2.30. The maximum Gasteiger partial charge on any atom is 0.108 e. The molecule has 0 amide bonds. The Morgan fingerprint density at radius 1 is 1.47 bits per heavy atom. The molecule has 102 valence electrons. The molecule has 0 aromatic heterocycles. The maximum absolute atomic E-state index is 10.2. The molecule has 2 rings (SSSR count). The van der Waals surface area contributed by atoms with E-state index in [1.54, 1.807) is 19.1 Å². The van der Waals surface area contributed by atoms with Gasteiger partial charge in [-0.2, -0.15) is 5.26 Å². The topological polar surface area (TPSA) is 76.3 Å². The van der Waals surface area contributed by atoms with Crippen LogP contribution in [0.3, 0.4) is 0 Å². The zero-order valence-corrected chi connectivity index (χ0v) is 11.7. The molecule has 1 aromatic rings. The van der Waals surface area contributed by atoms with Crippen LogP contribution >= 0.6 is 11.6 Å². The summed E-state index contributed by atoms with van der Waals surface area (Å²) in [6.45, 7) is 3.45. The first-order chi connectivity index (χ1) is 8.87. The molecule has 0 saturated heterocycles. The fraction of sp³-hybridized carbons (Fsp3) is 0.500. The van der Waals surface area contributed by atoms with E-state index in [4.69, 9.17) is 16.9 Å². The summed E-state index contributed by atoms with van der Waals surface area (Å²) in [5.41, 5.74) is 0.830. The van der Waals surface area contributed by atoms with Gasteiger partial charge in [0, 0.05) is 5.69 Å². The zero-order valence-electron chi connectivity index (χ0n) is 10.9. The van der Waals surface area contributed by atoms with Crippen molar-refractivity contribution in [3.05, 3.63) is 28.3 Å². The van der Waals surface area contributed by atoms with Crippen LogP contribution in [-0.2, 0) is 0 Å². The standard InChI is InChI=1S/C14H17ClN2O2/c1-8-10(4-3-9(7-16)13(8)15)17-11-5-6-12(18)14(11,2)19/h3-4,11-12,17-19H,5-6H2,1-2H3. The lowest BCUT2D eigenvalue weighted by atomic mass is 9.97. The van der Waals surface area contributed by atoms with Crippen LogP contribution in [0, 0.1) is 18.3 Å². The predicted octanol–water partition coefficient (Wildman–Crippen LogP) is 2.21. The molecule has 1 aliphatic carbocycles. The van der Waals surface area contributed by atoms with Gasteiger partial charge in [-0.1, -0.05) is 11.6 Å². The normalized spacial score (nSPS) is 30.1. The molecule has 0 bridgehead atoms. The van der Waals surface area contributed by atoms with E-state index in [1.165, 1.54) is 0 Å². The van der Waals surface area contributed by atoms with Gasteiger partial charge in [0.25, 0.3) is 0 Å². The van der Waals surface area contributed by atoms with Gasteiger partial charge in [-0.3, -0.25) is 0 Å². The van der Waals surface area contributed by atoms with Crippen LogP contribution in [0.2, 0.25) is 5.02 Å². The van der Waals surface area contributed by atoms with Crippen molar-refractivity contribution in [3.8, 4) is 6.07 Å². The quantitative estimate of drug-likeness (QED) is 0.776. The molecule has 3 N–H and O–H groups in total. The Labute approximate surface area is 117 Å². The van der Waals surface area contributed by atoms with Crippen LogP contribution in [0.5, 0.6) is 0 Å². The van der Waals surface area contributed by atoms with Gasteiger partial charge in [0.1, 0.15) is 11.7 Å². The summed E-state index contributed by atoms with van der Waals surface area (Å²) < 4.78 is 0. The summed E-state index contributed by atoms with van der Waals surface area (Å²) in [4.78, 5) is 0. The van der Waals surface area contributed by atoms with Crippen molar-refractivity contribution in [2.75, 3.05) is 5.32 Å². The molecule has 3 atom stereocenters. The minimum atomic E-state index is -1.16. The Morgan fingerprint density at radius 3 is 2.68 bits per heavy atom. The fourth-order valence-electron chi connectivity index (χ4n) is 2.47. The predicted molar refractivity (Wildman–Crippen MR) is 74.2 cm³/mol. The third-order valence-corrected chi connectivity index (χ3v) is 4.43. The fourth-order valence-corrected chi connectivity index (χ4v) is 2.68. The zero-order chi connectivity index (χ0) is 14.2. The smallest absolute Gasteiger partial charge is 0.108 e. The van der Waals surface area contributed by atoms with E-state index in [0.29, 0.717) is 23.4 Å². The van der Waals surface area contributed by atoms with Crippen molar-refractivity contribution in [2.45, 2.75) is 44.4 Å². The van der Waals surface area contributed by atoms with E-state index >= 15 is 0 Å². The Balaban J connectivity index is 2.26. The van der Waals surface area contributed by atoms with Gasteiger partial charge in [-0.15, -0.1) is 0 Å². The number of anilines is 1. The third kappa shape index (κ3) is 2.42. The molecule has 3 unspecified atom stereocenters. The molecule has 0 spiro atoms. The van der Waals surface area contributed by atoms with E-state index in [-0.39, 0.29) is 6.04 Å². The second kappa shape index (κ2) is 5.01. The molecule has 1 fully saturated rings. The van der Waals surface area contributed by atoms with E-state index < -0.39 is 11.7 Å². The van der Waals surface area contributed by atoms with Crippen molar-refractivity contribution in [3.63, 3.8) is 0 Å². The maximum atomic E-state index is 10.2. The summed E-state index contributed by atoms with van der Waals surface area (Å²) in [7, 11) is 0. The molecular weight excluding hydrogens is 264 g/mol. The Kier molecular flexibility index (Phi) is 3.73. The number of aliphatic hydroxyl groups is 2. The lowest BCUT2D eigenvalue weighted by molar-refractivity contribution is -0.0438. The number of aliphatic hydroxyl groups excluding tert-OH is 1. The van der Waals surface area contributed by atoms with Crippen molar-refractivity contribution < 1.29 is 10.2 Å². The lowest BCUT2D eigenvalue weighted by Crippen LogP contribution is -2.46. The largest absolute Gasteiger partial charge is 0.390 e. The second-order valence-corrected chi connectivity index (χ2v) is 5.61. The van der Waals surface area contributed by atoms with Crippen LogP contribution in [-0.4, -0.2) is 28.0 Å². The highest BCUT2D eigenvalue weighted by molar-refractivity contribution is 6.32. The summed E-state index contributed by atoms with van der Waals surface area (Å²) in [5, 5.41) is 32.5. The second-order valence-electron chi connectivity index (χ2n) is 5.23. The van der Waals surface area contributed by atoms with Gasteiger partial charge < -0.3 is 15.5 Å². The molecule has 0 aliphatic heterocycles. The monoisotopic (exact) mass is 280 g/mol. The van der Waals surface area contributed by atoms with Gasteiger partial charge in [0.15, 0.2) is 0 Å². The first kappa shape index (κ1) is 14.1. The van der Waals surface area contributed by atoms with E-state index in [1.807, 2.05) is 13.0 Å². The number of rotatable bonds is 2. The van der Waals surface area contributed by atoms with Crippen LogP contribution in [0.4, 0.5) is 5.69 Å². The van der Waals surface area contributed by atoms with E-state index in [2.05, 4.69) is 5.32 Å². The Bertz CT molecular complexity index is 537. The molecule has 0 radical (unpaired) electrons. The molecule has 1 aromatic carbocycles. The number of hydrogen-bond acceptors (Lipinski definition) is 4. The van der Waals surface area contributed by atoms with Crippen molar-refractivity contribution >= 4 is 17.3 Å². The number of halogens is 1. The number of nitrogens with zero attached hydrogens (tertiary/aromatic N) is 1. The average molecular weight is 281 g/mol. The molecule has 5 heteroatoms. The van der Waals surface area contributed by atoms with Crippen molar-refractivity contribution in [2.24, 2.45) is 0 Å². The highest BCUT2D eigenvalue weighted by Crippen LogP contribution is 2.34. The Hall–Kier alpha value is -1.28. The van der Waals surface area contributed by atoms with Crippen molar-refractivity contribution in [1.29, 1.82) is 5.26 Å². The van der Waals surface area contributed by atoms with Gasteiger partial charge in [-0.25, -0.2) is 0 Å². The molecule has 1 saturated carbocycles. The van der Waals surface area contributed by atoms with Gasteiger partial charge in [0.2, 0.25) is 0 Å². The van der Waals surface area contributed by atoms with Crippen LogP contribution < -0.4 is 5.32 Å². The highest BCUT2D eigenvalue weighted by atomic mass is 35.5. The average Bonchev–Trinajstić information content (AvgIpc) is 2.62. The van der Waals surface area contributed by atoms with E-state index in [9.17, 15) is 10.2 Å². The SMILES string of the molecule is Cc1c(NC2CCC(O)C2(C)O)ccc(C#N)c1Cl. The minimum absolute atomic E-state index is 0.231. The van der Waals surface area contributed by atoms with E-state index in [0.717, 1.165) is 11.3 Å². The number of nitrogens with one attached hydrogen (secondary N) is 1. The number of hydrogen-bond donors (Lipinski definition) is 3. The number of benzene rings is 1. The molecular formula is C14H17ClN2O2. The third-order valence-electron chi connectivity index (χ3n) is 3.95. The minimum Gasteiger partial charge on any atom is -0.390 e. The summed E-state index contributed by atoms with van der Waals surface area (Å²) in [6, 6.07) is 5.23. The summed E-state index contributed by atoms with van der Waals surface area (Å²) >= 11 is 6.11. The summed E-state index contributed by atoms with van der Waals surface area (Å²) in [6.07, 6.45) is 0.526. The van der Waals surface area contributed by atoms with Crippen molar-refractivity contribution in [1.82, 2.24) is 0 Å².